The number of aromatic amines is 2. The lowest BCUT2D eigenvalue weighted by Crippen LogP contribution is -2.36. The van der Waals surface area contributed by atoms with E-state index >= 15 is 0 Å². The van der Waals surface area contributed by atoms with Crippen LogP contribution in [0.25, 0.3) is 33.6 Å². The molecule has 1 aliphatic heterocycles. The number of rotatable bonds is 4. The number of nitrogens with zero attached hydrogens (tertiary/aromatic N) is 3. The molecular formula is C28H31N5O2. The first-order chi connectivity index (χ1) is 16.8. The monoisotopic (exact) mass is 469 g/mol. The van der Waals surface area contributed by atoms with Crippen LogP contribution in [0.1, 0.15) is 51.3 Å². The second-order valence-electron chi connectivity index (χ2n) is 10.1. The highest BCUT2D eigenvalue weighted by atomic mass is 16.6. The van der Waals surface area contributed by atoms with Crippen molar-refractivity contribution in [2.75, 3.05) is 6.54 Å². The third-order valence-corrected chi connectivity index (χ3v) is 6.22. The van der Waals surface area contributed by atoms with Crippen molar-refractivity contribution in [1.29, 1.82) is 0 Å². The van der Waals surface area contributed by atoms with Crippen molar-refractivity contribution in [2.45, 2.75) is 52.2 Å². The number of nitrogens with one attached hydrogen (secondary N) is 2. The average Bonchev–Trinajstić information content (AvgIpc) is 3.58. The summed E-state index contributed by atoms with van der Waals surface area (Å²) < 4.78 is 5.59. The molecule has 0 bridgehead atoms. The standard InChI is InChI=1S/C28H31N5O2/c1-18-29-16-23(31-18)21-11-7-19(8-12-21)20-9-13-22(14-10-20)24-17-30-26(32-24)25-6-5-15-33(25)27(34)35-28(2,3)4/h7-14,16-17,25H,5-6,15H2,1-4H3,(H,29,31)(H,30,32)/t25-/m0/s1. The molecule has 1 saturated heterocycles. The smallest absolute Gasteiger partial charge is 0.410 e. The van der Waals surface area contributed by atoms with Crippen LogP contribution in [0.4, 0.5) is 4.79 Å². The Hall–Kier alpha value is -3.87. The van der Waals surface area contributed by atoms with E-state index in [2.05, 4.69) is 68.5 Å². The van der Waals surface area contributed by atoms with Gasteiger partial charge < -0.3 is 14.7 Å². The van der Waals surface area contributed by atoms with E-state index < -0.39 is 5.60 Å². The molecule has 35 heavy (non-hydrogen) atoms. The third kappa shape index (κ3) is 4.99. The fourth-order valence-corrected chi connectivity index (χ4v) is 4.49. The molecule has 1 fully saturated rings. The number of benzene rings is 2. The summed E-state index contributed by atoms with van der Waals surface area (Å²) in [5.41, 5.74) is 5.91. The van der Waals surface area contributed by atoms with Crippen LogP contribution < -0.4 is 0 Å². The predicted molar refractivity (Wildman–Crippen MR) is 137 cm³/mol. The lowest BCUT2D eigenvalue weighted by molar-refractivity contribution is 0.0218. The molecule has 1 atom stereocenters. The number of imidazole rings is 2. The first kappa shape index (κ1) is 22.9. The molecule has 5 rings (SSSR count). The molecule has 4 aromatic rings. The molecule has 7 heteroatoms. The predicted octanol–water partition coefficient (Wildman–Crippen LogP) is 6.51. The number of H-pyrrole nitrogens is 2. The van der Waals surface area contributed by atoms with Crippen LogP contribution in [0.5, 0.6) is 0 Å². The highest BCUT2D eigenvalue weighted by Crippen LogP contribution is 2.33. The summed E-state index contributed by atoms with van der Waals surface area (Å²) >= 11 is 0. The van der Waals surface area contributed by atoms with Crippen molar-refractivity contribution in [2.24, 2.45) is 0 Å². The van der Waals surface area contributed by atoms with Gasteiger partial charge in [-0.15, -0.1) is 0 Å². The molecule has 0 aliphatic carbocycles. The molecule has 2 aromatic carbocycles. The lowest BCUT2D eigenvalue weighted by atomic mass is 10.0. The Labute approximate surface area is 205 Å². The van der Waals surface area contributed by atoms with E-state index in [1.165, 1.54) is 0 Å². The Balaban J connectivity index is 1.30. The normalized spacial score (nSPS) is 16.0. The van der Waals surface area contributed by atoms with Gasteiger partial charge in [0.05, 0.1) is 29.8 Å². The van der Waals surface area contributed by atoms with Gasteiger partial charge in [-0.25, -0.2) is 14.8 Å². The zero-order valence-electron chi connectivity index (χ0n) is 20.6. The van der Waals surface area contributed by atoms with E-state index in [4.69, 9.17) is 4.74 Å². The molecule has 2 N–H and O–H groups in total. The maximum Gasteiger partial charge on any atom is 0.410 e. The first-order valence-corrected chi connectivity index (χ1v) is 12.0. The number of likely N-dealkylation sites (tertiary alicyclic amines) is 1. The number of amides is 1. The van der Waals surface area contributed by atoms with Gasteiger partial charge >= 0.3 is 6.09 Å². The van der Waals surface area contributed by atoms with Gasteiger partial charge in [0.25, 0.3) is 0 Å². The minimum absolute atomic E-state index is 0.0879. The maximum absolute atomic E-state index is 12.7. The average molecular weight is 470 g/mol. The van der Waals surface area contributed by atoms with Gasteiger partial charge in [-0.1, -0.05) is 48.5 Å². The van der Waals surface area contributed by atoms with Crippen molar-refractivity contribution in [3.63, 3.8) is 0 Å². The van der Waals surface area contributed by atoms with Gasteiger partial charge in [-0.2, -0.15) is 0 Å². The number of hydrogen-bond donors (Lipinski definition) is 2. The molecule has 1 aliphatic rings. The van der Waals surface area contributed by atoms with Gasteiger partial charge in [0, 0.05) is 6.54 Å². The van der Waals surface area contributed by atoms with Crippen molar-refractivity contribution in [3.05, 3.63) is 72.6 Å². The van der Waals surface area contributed by atoms with E-state index in [1.807, 2.05) is 40.1 Å². The van der Waals surface area contributed by atoms with Crippen LogP contribution in [-0.4, -0.2) is 43.1 Å². The van der Waals surface area contributed by atoms with Crippen LogP contribution in [-0.2, 0) is 4.74 Å². The molecule has 0 radical (unpaired) electrons. The number of aryl methyl sites for hydroxylation is 1. The Morgan fingerprint density at radius 3 is 1.97 bits per heavy atom. The van der Waals surface area contributed by atoms with Crippen molar-refractivity contribution in [1.82, 2.24) is 24.8 Å². The second-order valence-corrected chi connectivity index (χ2v) is 10.1. The van der Waals surface area contributed by atoms with Gasteiger partial charge in [-0.3, -0.25) is 4.90 Å². The van der Waals surface area contributed by atoms with Gasteiger partial charge in [0.15, 0.2) is 0 Å². The second kappa shape index (κ2) is 9.06. The maximum atomic E-state index is 12.7. The number of hydrogen-bond acceptors (Lipinski definition) is 4. The lowest BCUT2D eigenvalue weighted by Gasteiger charge is -2.27. The summed E-state index contributed by atoms with van der Waals surface area (Å²) in [6.45, 7) is 8.30. The van der Waals surface area contributed by atoms with Crippen molar-refractivity contribution in [3.8, 4) is 33.6 Å². The Kier molecular flexibility index (Phi) is 5.93. The molecule has 0 spiro atoms. The highest BCUT2D eigenvalue weighted by Gasteiger charge is 2.34. The van der Waals surface area contributed by atoms with E-state index in [1.54, 1.807) is 4.90 Å². The fourth-order valence-electron chi connectivity index (χ4n) is 4.49. The molecule has 7 nitrogen and oxygen atoms in total. The third-order valence-electron chi connectivity index (χ3n) is 6.22. The van der Waals surface area contributed by atoms with E-state index in [0.717, 1.165) is 58.1 Å². The van der Waals surface area contributed by atoms with Gasteiger partial charge in [-0.05, 0) is 62.8 Å². The quantitative estimate of drug-likeness (QED) is 0.356. The zero-order valence-corrected chi connectivity index (χ0v) is 20.6. The number of aromatic nitrogens is 4. The molecule has 0 unspecified atom stereocenters. The highest BCUT2D eigenvalue weighted by molar-refractivity contribution is 5.72. The van der Waals surface area contributed by atoms with Crippen LogP contribution in [0.3, 0.4) is 0 Å². The minimum atomic E-state index is -0.515. The SMILES string of the molecule is Cc1ncc(-c2ccc(-c3ccc(-c4cnc([C@@H]5CCCN5C(=O)OC(C)(C)C)[nH]4)cc3)cc2)[nH]1. The van der Waals surface area contributed by atoms with E-state index in [0.29, 0.717) is 6.54 Å². The van der Waals surface area contributed by atoms with Crippen LogP contribution in [0.15, 0.2) is 60.9 Å². The van der Waals surface area contributed by atoms with Gasteiger partial charge in [0.2, 0.25) is 0 Å². The Bertz CT molecular complexity index is 1310. The van der Waals surface area contributed by atoms with E-state index in [-0.39, 0.29) is 12.1 Å². The summed E-state index contributed by atoms with van der Waals surface area (Å²) in [6, 6.07) is 16.8. The largest absolute Gasteiger partial charge is 0.444 e. The molecular weight excluding hydrogens is 438 g/mol. The minimum Gasteiger partial charge on any atom is -0.444 e. The van der Waals surface area contributed by atoms with E-state index in [9.17, 15) is 4.79 Å². The van der Waals surface area contributed by atoms with Crippen LogP contribution in [0.2, 0.25) is 0 Å². The number of carbonyl (C=O) groups excluding carboxylic acids is 1. The summed E-state index contributed by atoms with van der Waals surface area (Å²) in [7, 11) is 0. The van der Waals surface area contributed by atoms with Crippen molar-refractivity contribution >= 4 is 6.09 Å². The topological polar surface area (TPSA) is 86.9 Å². The molecule has 1 amide bonds. The summed E-state index contributed by atoms with van der Waals surface area (Å²) in [5.74, 6) is 1.71. The van der Waals surface area contributed by atoms with Crippen molar-refractivity contribution < 1.29 is 9.53 Å². The zero-order chi connectivity index (χ0) is 24.6. The molecule has 2 aromatic heterocycles. The van der Waals surface area contributed by atoms with Gasteiger partial charge in [0.1, 0.15) is 17.2 Å². The molecule has 180 valence electrons. The molecule has 0 saturated carbocycles. The molecule has 3 heterocycles. The Morgan fingerprint density at radius 2 is 1.43 bits per heavy atom. The first-order valence-electron chi connectivity index (χ1n) is 12.0. The number of ether oxygens (including phenoxy) is 1. The fraction of sp³-hybridized carbons (Fsp3) is 0.321. The number of carbonyl (C=O) groups is 1. The Morgan fingerprint density at radius 1 is 0.886 bits per heavy atom. The summed E-state index contributed by atoms with van der Waals surface area (Å²) in [6.07, 6.45) is 5.23. The summed E-state index contributed by atoms with van der Waals surface area (Å²) in [4.78, 5) is 30.0. The van der Waals surface area contributed by atoms with Crippen LogP contribution >= 0.6 is 0 Å². The summed E-state index contributed by atoms with van der Waals surface area (Å²) in [5, 5.41) is 0. The van der Waals surface area contributed by atoms with Crippen LogP contribution in [0, 0.1) is 6.92 Å².